The zero-order valence-electron chi connectivity index (χ0n) is 8.52. The van der Waals surface area contributed by atoms with Crippen molar-refractivity contribution >= 4 is 23.2 Å². The van der Waals surface area contributed by atoms with E-state index in [9.17, 15) is 14.9 Å². The zero-order chi connectivity index (χ0) is 11.4. The van der Waals surface area contributed by atoms with E-state index in [2.05, 4.69) is 0 Å². The molecule has 0 amide bonds. The summed E-state index contributed by atoms with van der Waals surface area (Å²) in [6, 6.07) is 4.59. The van der Waals surface area contributed by atoms with E-state index in [0.717, 1.165) is 0 Å². The number of ketones is 1. The van der Waals surface area contributed by atoms with Crippen molar-refractivity contribution in [3.8, 4) is 0 Å². The number of hydrogen-bond donors (Lipinski definition) is 0. The van der Waals surface area contributed by atoms with Gasteiger partial charge in [-0.1, -0.05) is 6.92 Å². The Kier molecular flexibility index (Phi) is 3.85. The molecule has 0 spiro atoms. The molecule has 0 unspecified atom stereocenters. The van der Waals surface area contributed by atoms with Gasteiger partial charge in [-0.25, -0.2) is 0 Å². The highest BCUT2D eigenvalue weighted by atomic mass is 32.2. The number of Topliss-reactive ketones (excluding diaryl/α,β-unsaturated/α-hetero) is 1. The number of rotatable bonds is 4. The number of carbonyl (C=O) groups is 1. The summed E-state index contributed by atoms with van der Waals surface area (Å²) >= 11 is 1.30. The van der Waals surface area contributed by atoms with Crippen LogP contribution in [0.5, 0.6) is 0 Å². The third kappa shape index (κ3) is 2.56. The fraction of sp³-hybridized carbons (Fsp3) is 0.300. The van der Waals surface area contributed by atoms with Crippen LogP contribution in [0.1, 0.15) is 23.7 Å². The molecule has 1 aromatic carbocycles. The standard InChI is InChI=1S/C10H11NO3S/c1-3-9(12)7-4-5-10(15-2)8(6-7)11(13)14/h4-6H,3H2,1-2H3. The summed E-state index contributed by atoms with van der Waals surface area (Å²) in [5, 5.41) is 10.7. The molecular formula is C10H11NO3S. The van der Waals surface area contributed by atoms with Gasteiger partial charge in [-0.2, -0.15) is 0 Å². The van der Waals surface area contributed by atoms with E-state index >= 15 is 0 Å². The van der Waals surface area contributed by atoms with Gasteiger partial charge in [0.05, 0.1) is 9.82 Å². The Bertz CT molecular complexity index is 404. The van der Waals surface area contributed by atoms with Crippen LogP contribution in [-0.2, 0) is 0 Å². The lowest BCUT2D eigenvalue weighted by atomic mass is 10.1. The first-order valence-corrected chi connectivity index (χ1v) is 5.68. The number of nitro groups is 1. The molecule has 80 valence electrons. The Hall–Kier alpha value is -1.36. The van der Waals surface area contributed by atoms with Gasteiger partial charge >= 0.3 is 0 Å². The van der Waals surface area contributed by atoms with Crippen LogP contribution in [0, 0.1) is 10.1 Å². The van der Waals surface area contributed by atoms with Gasteiger partial charge in [-0.05, 0) is 18.4 Å². The van der Waals surface area contributed by atoms with Crippen molar-refractivity contribution in [3.63, 3.8) is 0 Å². The van der Waals surface area contributed by atoms with E-state index < -0.39 is 4.92 Å². The highest BCUT2D eigenvalue weighted by Crippen LogP contribution is 2.28. The van der Waals surface area contributed by atoms with Gasteiger partial charge < -0.3 is 0 Å². The first kappa shape index (κ1) is 11.7. The summed E-state index contributed by atoms with van der Waals surface area (Å²) in [6.45, 7) is 1.73. The Balaban J connectivity index is 3.22. The fourth-order valence-electron chi connectivity index (χ4n) is 1.21. The topological polar surface area (TPSA) is 60.2 Å². The molecule has 0 radical (unpaired) electrons. The van der Waals surface area contributed by atoms with Crippen molar-refractivity contribution in [3.05, 3.63) is 33.9 Å². The van der Waals surface area contributed by atoms with Gasteiger partial charge in [0.25, 0.3) is 5.69 Å². The average molecular weight is 225 g/mol. The fourth-order valence-corrected chi connectivity index (χ4v) is 1.76. The van der Waals surface area contributed by atoms with Crippen LogP contribution in [0.15, 0.2) is 23.1 Å². The SMILES string of the molecule is CCC(=O)c1ccc(SC)c([N+](=O)[O-])c1. The molecule has 0 bridgehead atoms. The van der Waals surface area contributed by atoms with Crippen molar-refractivity contribution in [2.75, 3.05) is 6.26 Å². The molecule has 0 N–H and O–H groups in total. The van der Waals surface area contributed by atoms with E-state index in [1.165, 1.54) is 17.8 Å². The van der Waals surface area contributed by atoms with Crippen LogP contribution < -0.4 is 0 Å². The van der Waals surface area contributed by atoms with Crippen LogP contribution in [0.25, 0.3) is 0 Å². The predicted octanol–water partition coefficient (Wildman–Crippen LogP) is 2.91. The Morgan fingerprint density at radius 1 is 1.53 bits per heavy atom. The number of hydrogen-bond acceptors (Lipinski definition) is 4. The van der Waals surface area contributed by atoms with Crippen molar-refractivity contribution < 1.29 is 9.72 Å². The Morgan fingerprint density at radius 2 is 2.20 bits per heavy atom. The highest BCUT2D eigenvalue weighted by Gasteiger charge is 2.15. The van der Waals surface area contributed by atoms with E-state index in [0.29, 0.717) is 16.9 Å². The minimum atomic E-state index is -0.460. The molecule has 5 heteroatoms. The summed E-state index contributed by atoms with van der Waals surface area (Å²) in [5.41, 5.74) is 0.406. The summed E-state index contributed by atoms with van der Waals surface area (Å²) in [4.78, 5) is 22.2. The van der Waals surface area contributed by atoms with Crippen LogP contribution >= 0.6 is 11.8 Å². The maximum Gasteiger partial charge on any atom is 0.283 e. The number of nitro benzene ring substituents is 1. The molecule has 0 aromatic heterocycles. The summed E-state index contributed by atoms with van der Waals surface area (Å²) in [6.07, 6.45) is 2.12. The lowest BCUT2D eigenvalue weighted by molar-refractivity contribution is -0.387. The second kappa shape index (κ2) is 4.93. The van der Waals surface area contributed by atoms with E-state index in [-0.39, 0.29) is 11.5 Å². The molecule has 0 heterocycles. The molecule has 0 aliphatic rings. The minimum absolute atomic E-state index is 0.00167. The molecule has 0 saturated heterocycles. The van der Waals surface area contributed by atoms with Crippen molar-refractivity contribution in [2.45, 2.75) is 18.2 Å². The average Bonchev–Trinajstić information content (AvgIpc) is 2.27. The van der Waals surface area contributed by atoms with Gasteiger partial charge in [0.2, 0.25) is 0 Å². The third-order valence-electron chi connectivity index (χ3n) is 2.02. The summed E-state index contributed by atoms with van der Waals surface area (Å²) in [7, 11) is 0. The third-order valence-corrected chi connectivity index (χ3v) is 2.80. The van der Waals surface area contributed by atoms with Crippen molar-refractivity contribution in [1.29, 1.82) is 0 Å². The number of benzene rings is 1. The second-order valence-electron chi connectivity index (χ2n) is 2.92. The molecule has 1 aromatic rings. The maximum absolute atomic E-state index is 11.4. The van der Waals surface area contributed by atoms with Crippen LogP contribution in [-0.4, -0.2) is 17.0 Å². The smallest absolute Gasteiger partial charge is 0.283 e. The Morgan fingerprint density at radius 3 is 2.67 bits per heavy atom. The molecular weight excluding hydrogens is 214 g/mol. The summed E-state index contributed by atoms with van der Waals surface area (Å²) in [5.74, 6) is -0.0780. The minimum Gasteiger partial charge on any atom is -0.294 e. The quantitative estimate of drug-likeness (QED) is 0.342. The first-order valence-electron chi connectivity index (χ1n) is 4.45. The van der Waals surface area contributed by atoms with E-state index in [4.69, 9.17) is 0 Å². The number of nitrogens with zero attached hydrogens (tertiary/aromatic N) is 1. The Labute approximate surface area is 91.8 Å². The second-order valence-corrected chi connectivity index (χ2v) is 3.77. The van der Waals surface area contributed by atoms with Gasteiger partial charge in [0, 0.05) is 18.1 Å². The number of carbonyl (C=O) groups excluding carboxylic acids is 1. The predicted molar refractivity (Wildman–Crippen MR) is 59.5 cm³/mol. The van der Waals surface area contributed by atoms with Gasteiger partial charge in [-0.15, -0.1) is 11.8 Å². The normalized spacial score (nSPS) is 10.0. The van der Waals surface area contributed by atoms with Crippen LogP contribution in [0.4, 0.5) is 5.69 Å². The van der Waals surface area contributed by atoms with Gasteiger partial charge in [0.15, 0.2) is 5.78 Å². The molecule has 4 nitrogen and oxygen atoms in total. The molecule has 0 aliphatic carbocycles. The van der Waals surface area contributed by atoms with Crippen LogP contribution in [0.2, 0.25) is 0 Å². The molecule has 0 fully saturated rings. The largest absolute Gasteiger partial charge is 0.294 e. The van der Waals surface area contributed by atoms with Crippen molar-refractivity contribution in [1.82, 2.24) is 0 Å². The molecule has 1 rings (SSSR count). The van der Waals surface area contributed by atoms with Gasteiger partial charge in [0.1, 0.15) is 0 Å². The van der Waals surface area contributed by atoms with E-state index in [1.807, 2.05) is 0 Å². The zero-order valence-corrected chi connectivity index (χ0v) is 9.34. The summed E-state index contributed by atoms with van der Waals surface area (Å²) < 4.78 is 0. The van der Waals surface area contributed by atoms with Crippen LogP contribution in [0.3, 0.4) is 0 Å². The van der Waals surface area contributed by atoms with Gasteiger partial charge in [-0.3, -0.25) is 14.9 Å². The first-order chi connectivity index (χ1) is 7.10. The van der Waals surface area contributed by atoms with E-state index in [1.54, 1.807) is 25.3 Å². The van der Waals surface area contributed by atoms with Crippen molar-refractivity contribution in [2.24, 2.45) is 0 Å². The molecule has 0 atom stereocenters. The lowest BCUT2D eigenvalue weighted by Gasteiger charge is -2.01. The number of thioether (sulfide) groups is 1. The highest BCUT2D eigenvalue weighted by molar-refractivity contribution is 7.98. The maximum atomic E-state index is 11.4. The molecule has 0 aliphatic heterocycles. The molecule has 15 heavy (non-hydrogen) atoms. The molecule has 0 saturated carbocycles. The lowest BCUT2D eigenvalue weighted by Crippen LogP contribution is -1.99. The monoisotopic (exact) mass is 225 g/mol.